The molecule has 1 aromatic carbocycles. The third-order valence-corrected chi connectivity index (χ3v) is 6.71. The number of aromatic nitrogens is 1. The maximum atomic E-state index is 4.74. The van der Waals surface area contributed by atoms with Gasteiger partial charge in [-0.05, 0) is 64.8 Å². The average molecular weight is 571 g/mol. The molecule has 1 aliphatic heterocycles. The third kappa shape index (κ3) is 8.51. The van der Waals surface area contributed by atoms with E-state index in [1.165, 1.54) is 29.1 Å². The van der Waals surface area contributed by atoms with Crippen LogP contribution in [0.4, 0.5) is 5.69 Å². The Morgan fingerprint density at radius 2 is 1.88 bits per heavy atom. The second kappa shape index (κ2) is 14.0. The van der Waals surface area contributed by atoms with Crippen molar-refractivity contribution in [2.24, 2.45) is 4.99 Å². The molecule has 8 heteroatoms. The molecule has 0 saturated carbocycles. The Hall–Kier alpha value is -1.39. The topological polar surface area (TPSA) is 55.8 Å². The van der Waals surface area contributed by atoms with Gasteiger partial charge in [-0.2, -0.15) is 0 Å². The maximum Gasteiger partial charge on any atom is 0.191 e. The van der Waals surface area contributed by atoms with E-state index in [2.05, 4.69) is 77.4 Å². The van der Waals surface area contributed by atoms with Crippen molar-refractivity contribution in [1.82, 2.24) is 20.5 Å². The number of nitrogens with zero attached hydrogens (tertiary/aromatic N) is 4. The van der Waals surface area contributed by atoms with Crippen molar-refractivity contribution in [3.05, 3.63) is 45.4 Å². The summed E-state index contributed by atoms with van der Waals surface area (Å²) in [6.07, 6.45) is 2.37. The summed E-state index contributed by atoms with van der Waals surface area (Å²) in [7, 11) is 0. The molecule has 1 fully saturated rings. The Balaban J connectivity index is 0.00000363. The van der Waals surface area contributed by atoms with Gasteiger partial charge in [-0.1, -0.05) is 12.1 Å². The standard InChI is InChI=1S/C24H38N6S.HI/c1-5-25-24(27-18-23-20(3)28-21(4)31-23)26-11-6-7-12-29-13-15-30(16-14-29)22-10-8-9-19(2)17-22;/h8-10,17H,5-7,11-16,18H2,1-4H3,(H2,25,26,27);1H. The van der Waals surface area contributed by atoms with E-state index < -0.39 is 0 Å². The lowest BCUT2D eigenvalue weighted by atomic mass is 10.2. The lowest BCUT2D eigenvalue weighted by molar-refractivity contribution is 0.253. The fourth-order valence-corrected chi connectivity index (χ4v) is 4.80. The summed E-state index contributed by atoms with van der Waals surface area (Å²) in [6.45, 7) is 16.6. The number of piperazine rings is 1. The number of aliphatic imine (C=N–C) groups is 1. The first-order valence-electron chi connectivity index (χ1n) is 11.5. The summed E-state index contributed by atoms with van der Waals surface area (Å²) < 4.78 is 0. The highest BCUT2D eigenvalue weighted by molar-refractivity contribution is 14.0. The van der Waals surface area contributed by atoms with Crippen LogP contribution < -0.4 is 15.5 Å². The molecule has 0 aliphatic carbocycles. The number of guanidine groups is 1. The van der Waals surface area contributed by atoms with Gasteiger partial charge in [-0.3, -0.25) is 4.90 Å². The summed E-state index contributed by atoms with van der Waals surface area (Å²) >= 11 is 1.74. The first-order chi connectivity index (χ1) is 15.0. The van der Waals surface area contributed by atoms with Gasteiger partial charge in [0.25, 0.3) is 0 Å². The molecule has 0 unspecified atom stereocenters. The van der Waals surface area contributed by atoms with Crippen molar-refractivity contribution in [1.29, 1.82) is 0 Å². The van der Waals surface area contributed by atoms with Gasteiger partial charge in [0, 0.05) is 49.8 Å². The first kappa shape index (κ1) is 26.9. The van der Waals surface area contributed by atoms with Crippen molar-refractivity contribution in [2.75, 3.05) is 50.7 Å². The van der Waals surface area contributed by atoms with E-state index in [0.29, 0.717) is 6.54 Å². The number of nitrogens with one attached hydrogen (secondary N) is 2. The second-order valence-electron chi connectivity index (χ2n) is 8.24. The number of thiazole rings is 1. The molecular formula is C24H39IN6S. The third-order valence-electron chi connectivity index (χ3n) is 5.66. The minimum absolute atomic E-state index is 0. The Kier molecular flexibility index (Phi) is 11.7. The largest absolute Gasteiger partial charge is 0.369 e. The minimum atomic E-state index is 0. The molecule has 32 heavy (non-hydrogen) atoms. The summed E-state index contributed by atoms with van der Waals surface area (Å²) in [5, 5.41) is 7.95. The van der Waals surface area contributed by atoms with Gasteiger partial charge in [-0.25, -0.2) is 9.98 Å². The van der Waals surface area contributed by atoms with Gasteiger partial charge in [0.1, 0.15) is 0 Å². The van der Waals surface area contributed by atoms with Crippen molar-refractivity contribution in [3.63, 3.8) is 0 Å². The van der Waals surface area contributed by atoms with E-state index in [0.717, 1.165) is 62.4 Å². The van der Waals surface area contributed by atoms with Crippen LogP contribution in [0.25, 0.3) is 0 Å². The monoisotopic (exact) mass is 570 g/mol. The average Bonchev–Trinajstić information content (AvgIpc) is 3.09. The van der Waals surface area contributed by atoms with Crippen LogP contribution in [0.5, 0.6) is 0 Å². The number of halogens is 1. The van der Waals surface area contributed by atoms with Crippen LogP contribution in [-0.4, -0.2) is 61.7 Å². The number of hydrogen-bond donors (Lipinski definition) is 2. The van der Waals surface area contributed by atoms with Gasteiger partial charge in [0.15, 0.2) is 5.96 Å². The fraction of sp³-hybridized carbons (Fsp3) is 0.583. The number of benzene rings is 1. The number of anilines is 1. The van der Waals surface area contributed by atoms with E-state index in [9.17, 15) is 0 Å². The molecule has 1 aromatic heterocycles. The molecule has 0 spiro atoms. The van der Waals surface area contributed by atoms with Crippen LogP contribution >= 0.6 is 35.3 Å². The minimum Gasteiger partial charge on any atom is -0.369 e. The van der Waals surface area contributed by atoms with Gasteiger partial charge < -0.3 is 15.5 Å². The van der Waals surface area contributed by atoms with Crippen molar-refractivity contribution in [3.8, 4) is 0 Å². The molecule has 0 bridgehead atoms. The van der Waals surface area contributed by atoms with Crippen molar-refractivity contribution < 1.29 is 0 Å². The summed E-state index contributed by atoms with van der Waals surface area (Å²) in [5.74, 6) is 0.903. The zero-order valence-electron chi connectivity index (χ0n) is 20.0. The lowest BCUT2D eigenvalue weighted by Gasteiger charge is -2.36. The van der Waals surface area contributed by atoms with E-state index in [-0.39, 0.29) is 24.0 Å². The fourth-order valence-electron chi connectivity index (χ4n) is 3.93. The maximum absolute atomic E-state index is 4.74. The molecule has 178 valence electrons. The highest BCUT2D eigenvalue weighted by atomic mass is 127. The molecule has 0 atom stereocenters. The molecule has 2 aromatic rings. The van der Waals surface area contributed by atoms with E-state index in [1.54, 1.807) is 11.3 Å². The van der Waals surface area contributed by atoms with E-state index >= 15 is 0 Å². The number of aryl methyl sites for hydroxylation is 3. The summed E-state index contributed by atoms with van der Waals surface area (Å²) in [6, 6.07) is 8.85. The number of hydrogen-bond acceptors (Lipinski definition) is 5. The van der Waals surface area contributed by atoms with Crippen LogP contribution in [0.3, 0.4) is 0 Å². The zero-order valence-corrected chi connectivity index (χ0v) is 23.1. The van der Waals surface area contributed by atoms with Gasteiger partial charge in [0.2, 0.25) is 0 Å². The van der Waals surface area contributed by atoms with Crippen LogP contribution in [0.15, 0.2) is 29.3 Å². The van der Waals surface area contributed by atoms with Gasteiger partial charge >= 0.3 is 0 Å². The Morgan fingerprint density at radius 1 is 1.09 bits per heavy atom. The molecule has 6 nitrogen and oxygen atoms in total. The highest BCUT2D eigenvalue weighted by Crippen LogP contribution is 2.18. The molecule has 1 aliphatic rings. The van der Waals surface area contributed by atoms with Crippen LogP contribution in [0.1, 0.15) is 40.9 Å². The molecule has 3 rings (SSSR count). The summed E-state index contributed by atoms with van der Waals surface area (Å²) in [4.78, 5) is 15.6. The second-order valence-corrected chi connectivity index (χ2v) is 9.53. The summed E-state index contributed by atoms with van der Waals surface area (Å²) in [5.41, 5.74) is 3.80. The Labute approximate surface area is 214 Å². The number of unbranched alkanes of at least 4 members (excludes halogenated alkanes) is 1. The number of rotatable bonds is 9. The van der Waals surface area contributed by atoms with E-state index in [1.807, 2.05) is 0 Å². The van der Waals surface area contributed by atoms with E-state index in [4.69, 9.17) is 4.99 Å². The quantitative estimate of drug-likeness (QED) is 0.203. The Morgan fingerprint density at radius 3 is 2.53 bits per heavy atom. The normalized spacial score (nSPS) is 14.9. The lowest BCUT2D eigenvalue weighted by Crippen LogP contribution is -2.46. The van der Waals surface area contributed by atoms with Crippen LogP contribution in [-0.2, 0) is 6.54 Å². The van der Waals surface area contributed by atoms with Crippen LogP contribution in [0, 0.1) is 20.8 Å². The molecule has 2 heterocycles. The van der Waals surface area contributed by atoms with Crippen molar-refractivity contribution >= 4 is 47.0 Å². The predicted octanol–water partition coefficient (Wildman–Crippen LogP) is 4.34. The SMILES string of the molecule is CCNC(=NCc1sc(C)nc1C)NCCCCN1CCN(c2cccc(C)c2)CC1.I. The Bertz CT molecular complexity index is 845. The molecule has 0 radical (unpaired) electrons. The predicted molar refractivity (Wildman–Crippen MR) is 149 cm³/mol. The molecule has 2 N–H and O–H groups in total. The van der Waals surface area contributed by atoms with Gasteiger partial charge in [0.05, 0.1) is 17.2 Å². The first-order valence-corrected chi connectivity index (χ1v) is 12.4. The highest BCUT2D eigenvalue weighted by Gasteiger charge is 2.16. The smallest absolute Gasteiger partial charge is 0.191 e. The zero-order chi connectivity index (χ0) is 22.1. The molecule has 1 saturated heterocycles. The molecule has 0 amide bonds. The molecular weight excluding hydrogens is 531 g/mol. The van der Waals surface area contributed by atoms with Crippen molar-refractivity contribution in [2.45, 2.75) is 47.1 Å². The van der Waals surface area contributed by atoms with Gasteiger partial charge in [-0.15, -0.1) is 35.3 Å². The van der Waals surface area contributed by atoms with Crippen LogP contribution in [0.2, 0.25) is 0 Å².